The van der Waals surface area contributed by atoms with Crippen LogP contribution >= 0.6 is 11.8 Å². The monoisotopic (exact) mass is 273 g/mol. The molecule has 0 N–H and O–H groups in total. The predicted molar refractivity (Wildman–Crippen MR) is 76.8 cm³/mol. The number of carbonyl (C=O) groups is 1. The van der Waals surface area contributed by atoms with Crippen molar-refractivity contribution in [2.45, 2.75) is 24.0 Å². The third-order valence-electron chi connectivity index (χ3n) is 3.27. The summed E-state index contributed by atoms with van der Waals surface area (Å²) in [6.07, 6.45) is 3.43. The van der Waals surface area contributed by atoms with Crippen LogP contribution in [0.25, 0.3) is 10.9 Å². The number of fused-ring (bicyclic) bond motifs is 1. The van der Waals surface area contributed by atoms with Crippen molar-refractivity contribution in [3.63, 3.8) is 0 Å². The van der Waals surface area contributed by atoms with Crippen molar-refractivity contribution in [2.24, 2.45) is 0 Å². The minimum atomic E-state index is 0.303. The van der Waals surface area contributed by atoms with Gasteiger partial charge in [-0.15, -0.1) is 11.8 Å². The van der Waals surface area contributed by atoms with Crippen molar-refractivity contribution >= 4 is 29.0 Å². The van der Waals surface area contributed by atoms with Gasteiger partial charge < -0.3 is 4.74 Å². The molecule has 1 saturated heterocycles. The van der Waals surface area contributed by atoms with E-state index in [-0.39, 0.29) is 0 Å². The molecule has 1 aromatic carbocycles. The Balaban J connectivity index is 1.85. The van der Waals surface area contributed by atoms with Gasteiger partial charge >= 0.3 is 0 Å². The number of para-hydroxylation sites is 1. The first kappa shape index (κ1) is 12.6. The highest BCUT2D eigenvalue weighted by Crippen LogP contribution is 2.27. The van der Waals surface area contributed by atoms with Crippen LogP contribution in [0.2, 0.25) is 0 Å². The standard InChI is InChI=1S/C15H15NO2S/c17-9-12-8-11-4-1-2-6-14(11)16-15(12)19-10-13-5-3-7-18-13/h1-2,4,6,8-9,13H,3,5,7,10H2. The molecule has 3 rings (SSSR count). The van der Waals surface area contributed by atoms with Crippen LogP contribution in [-0.4, -0.2) is 29.7 Å². The lowest BCUT2D eigenvalue weighted by Crippen LogP contribution is -2.08. The molecule has 4 heteroatoms. The van der Waals surface area contributed by atoms with E-state index in [1.165, 1.54) is 0 Å². The van der Waals surface area contributed by atoms with Gasteiger partial charge in [0.25, 0.3) is 0 Å². The molecule has 0 aliphatic carbocycles. The summed E-state index contributed by atoms with van der Waals surface area (Å²) in [6.45, 7) is 0.858. The molecule has 1 aliphatic rings. The number of thioether (sulfide) groups is 1. The van der Waals surface area contributed by atoms with Gasteiger partial charge in [0.05, 0.1) is 11.6 Å². The quantitative estimate of drug-likeness (QED) is 0.633. The first-order valence-electron chi connectivity index (χ1n) is 6.46. The number of ether oxygens (including phenoxy) is 1. The van der Waals surface area contributed by atoms with E-state index < -0.39 is 0 Å². The number of hydrogen-bond acceptors (Lipinski definition) is 4. The number of carbonyl (C=O) groups excluding carboxylic acids is 1. The summed E-state index contributed by atoms with van der Waals surface area (Å²) in [4.78, 5) is 15.8. The lowest BCUT2D eigenvalue weighted by Gasteiger charge is -2.10. The van der Waals surface area contributed by atoms with Gasteiger partial charge in [-0.05, 0) is 25.0 Å². The molecule has 0 saturated carbocycles. The number of hydrogen-bond donors (Lipinski definition) is 0. The molecular formula is C15H15NO2S. The normalized spacial score (nSPS) is 18.8. The van der Waals surface area contributed by atoms with Crippen molar-refractivity contribution in [2.75, 3.05) is 12.4 Å². The van der Waals surface area contributed by atoms with Crippen LogP contribution < -0.4 is 0 Å². The molecule has 2 heterocycles. The van der Waals surface area contributed by atoms with Crippen molar-refractivity contribution in [1.29, 1.82) is 0 Å². The highest BCUT2D eigenvalue weighted by Gasteiger charge is 2.17. The van der Waals surface area contributed by atoms with Crippen LogP contribution in [0, 0.1) is 0 Å². The molecule has 1 unspecified atom stereocenters. The number of aldehydes is 1. The van der Waals surface area contributed by atoms with Gasteiger partial charge in [0.1, 0.15) is 5.03 Å². The van der Waals surface area contributed by atoms with Gasteiger partial charge in [0.2, 0.25) is 0 Å². The molecule has 1 aromatic heterocycles. The van der Waals surface area contributed by atoms with Crippen molar-refractivity contribution in [1.82, 2.24) is 4.98 Å². The fourth-order valence-corrected chi connectivity index (χ4v) is 3.31. The van der Waals surface area contributed by atoms with Crippen molar-refractivity contribution in [3.8, 4) is 0 Å². The van der Waals surface area contributed by atoms with Crippen LogP contribution in [0.4, 0.5) is 0 Å². The molecule has 0 spiro atoms. The second-order valence-electron chi connectivity index (χ2n) is 4.64. The third-order valence-corrected chi connectivity index (χ3v) is 4.41. The van der Waals surface area contributed by atoms with E-state index in [0.29, 0.717) is 11.7 Å². The van der Waals surface area contributed by atoms with Gasteiger partial charge in [-0.2, -0.15) is 0 Å². The number of benzene rings is 1. The SMILES string of the molecule is O=Cc1cc2ccccc2nc1SCC1CCCO1. The van der Waals surface area contributed by atoms with Crippen molar-refractivity contribution < 1.29 is 9.53 Å². The summed E-state index contributed by atoms with van der Waals surface area (Å²) in [5, 5.41) is 1.82. The summed E-state index contributed by atoms with van der Waals surface area (Å²) < 4.78 is 5.60. The summed E-state index contributed by atoms with van der Waals surface area (Å²) in [6, 6.07) is 9.78. The second kappa shape index (κ2) is 5.72. The van der Waals surface area contributed by atoms with E-state index in [1.54, 1.807) is 11.8 Å². The molecule has 1 fully saturated rings. The van der Waals surface area contributed by atoms with E-state index in [0.717, 1.165) is 47.4 Å². The Morgan fingerprint density at radius 2 is 2.32 bits per heavy atom. The largest absolute Gasteiger partial charge is 0.377 e. The first-order valence-corrected chi connectivity index (χ1v) is 7.45. The average Bonchev–Trinajstić information content (AvgIpc) is 2.97. The van der Waals surface area contributed by atoms with E-state index in [2.05, 4.69) is 4.98 Å². The van der Waals surface area contributed by atoms with Crippen LogP contribution in [0.3, 0.4) is 0 Å². The first-order chi connectivity index (χ1) is 9.36. The summed E-state index contributed by atoms with van der Waals surface area (Å²) in [5.41, 5.74) is 1.60. The lowest BCUT2D eigenvalue weighted by molar-refractivity contribution is 0.112. The van der Waals surface area contributed by atoms with E-state index in [4.69, 9.17) is 4.74 Å². The summed E-state index contributed by atoms with van der Waals surface area (Å²) >= 11 is 1.62. The summed E-state index contributed by atoms with van der Waals surface area (Å²) in [5.74, 6) is 0.867. The van der Waals surface area contributed by atoms with E-state index >= 15 is 0 Å². The molecule has 1 aliphatic heterocycles. The van der Waals surface area contributed by atoms with Crippen LogP contribution in [-0.2, 0) is 4.74 Å². The average molecular weight is 273 g/mol. The smallest absolute Gasteiger partial charge is 0.152 e. The Labute approximate surface area is 116 Å². The van der Waals surface area contributed by atoms with Crippen LogP contribution in [0.1, 0.15) is 23.2 Å². The van der Waals surface area contributed by atoms with Gasteiger partial charge in [-0.3, -0.25) is 4.79 Å². The zero-order valence-corrected chi connectivity index (χ0v) is 11.4. The zero-order valence-electron chi connectivity index (χ0n) is 10.5. The molecule has 2 aromatic rings. The Morgan fingerprint density at radius 1 is 1.42 bits per heavy atom. The zero-order chi connectivity index (χ0) is 13.1. The molecule has 19 heavy (non-hydrogen) atoms. The Morgan fingerprint density at radius 3 is 3.11 bits per heavy atom. The second-order valence-corrected chi connectivity index (χ2v) is 5.65. The van der Waals surface area contributed by atoms with Crippen molar-refractivity contribution in [3.05, 3.63) is 35.9 Å². The lowest BCUT2D eigenvalue weighted by atomic mass is 10.2. The fraction of sp³-hybridized carbons (Fsp3) is 0.333. The molecule has 0 bridgehead atoms. The summed E-state index contributed by atoms with van der Waals surface area (Å²) in [7, 11) is 0. The maximum atomic E-state index is 11.2. The Bertz CT molecular complexity index is 594. The Kier molecular flexibility index (Phi) is 3.80. The molecule has 0 radical (unpaired) electrons. The van der Waals surface area contributed by atoms with Gasteiger partial charge in [0.15, 0.2) is 6.29 Å². The highest BCUT2D eigenvalue weighted by atomic mass is 32.2. The molecule has 0 amide bonds. The van der Waals surface area contributed by atoms with E-state index in [1.807, 2.05) is 30.3 Å². The molecule has 3 nitrogen and oxygen atoms in total. The minimum absolute atomic E-state index is 0.303. The molecule has 98 valence electrons. The topological polar surface area (TPSA) is 39.2 Å². The number of rotatable bonds is 4. The third kappa shape index (κ3) is 2.80. The maximum Gasteiger partial charge on any atom is 0.152 e. The van der Waals surface area contributed by atoms with E-state index in [9.17, 15) is 4.79 Å². The number of pyridine rings is 1. The fourth-order valence-electron chi connectivity index (χ4n) is 2.26. The maximum absolute atomic E-state index is 11.2. The predicted octanol–water partition coefficient (Wildman–Crippen LogP) is 3.32. The van der Waals surface area contributed by atoms with Crippen LogP contribution in [0.15, 0.2) is 35.4 Å². The van der Waals surface area contributed by atoms with Gasteiger partial charge in [0, 0.05) is 23.3 Å². The Hall–Kier alpha value is -1.39. The number of aromatic nitrogens is 1. The van der Waals surface area contributed by atoms with Gasteiger partial charge in [-0.1, -0.05) is 18.2 Å². The molecular weight excluding hydrogens is 258 g/mol. The van der Waals surface area contributed by atoms with Gasteiger partial charge in [-0.25, -0.2) is 4.98 Å². The van der Waals surface area contributed by atoms with Crippen LogP contribution in [0.5, 0.6) is 0 Å². The number of nitrogens with zero attached hydrogens (tertiary/aromatic N) is 1. The highest BCUT2D eigenvalue weighted by molar-refractivity contribution is 7.99. The molecule has 1 atom stereocenters. The minimum Gasteiger partial charge on any atom is -0.377 e.